The number of allylic oxidation sites excluding steroid dienone is 1. The fourth-order valence-electron chi connectivity index (χ4n) is 2.43. The highest BCUT2D eigenvalue weighted by atomic mass is 16.5. The van der Waals surface area contributed by atoms with Crippen LogP contribution >= 0.6 is 0 Å². The molecule has 0 radical (unpaired) electrons. The first kappa shape index (κ1) is 16.0. The molecule has 7 nitrogen and oxygen atoms in total. The molecule has 1 N–H and O–H groups in total. The van der Waals surface area contributed by atoms with Gasteiger partial charge in [-0.3, -0.25) is 0 Å². The molecule has 1 aromatic heterocycles. The Kier molecular flexibility index (Phi) is 4.32. The number of fused-ring (bicyclic) bond motifs is 1. The van der Waals surface area contributed by atoms with Crippen LogP contribution in [0.4, 0.5) is 5.69 Å². The van der Waals surface area contributed by atoms with Crippen LogP contribution in [0, 0.1) is 29.6 Å². The van der Waals surface area contributed by atoms with Gasteiger partial charge in [0.15, 0.2) is 5.75 Å². The average Bonchev–Trinajstić information content (AvgIpc) is 3.06. The normalized spacial score (nSPS) is 9.92. The number of nitriles is 2. The zero-order valence-electron chi connectivity index (χ0n) is 13.7. The molecule has 0 fully saturated rings. The molecular formula is C18H14N6O. The third kappa shape index (κ3) is 3.12. The topological polar surface area (TPSA) is 99.6 Å². The van der Waals surface area contributed by atoms with Gasteiger partial charge < -0.3 is 10.1 Å². The number of anilines is 1. The van der Waals surface area contributed by atoms with E-state index in [9.17, 15) is 0 Å². The Morgan fingerprint density at radius 1 is 1.16 bits per heavy atom. The van der Waals surface area contributed by atoms with Crippen LogP contribution in [0.2, 0.25) is 0 Å². The van der Waals surface area contributed by atoms with Crippen molar-refractivity contribution in [2.24, 2.45) is 0 Å². The van der Waals surface area contributed by atoms with Crippen molar-refractivity contribution in [1.29, 1.82) is 10.5 Å². The van der Waals surface area contributed by atoms with Gasteiger partial charge in [0.2, 0.25) is 0 Å². The number of ether oxygens (including phenoxy) is 1. The van der Waals surface area contributed by atoms with Gasteiger partial charge in [0.05, 0.1) is 12.8 Å². The maximum Gasteiger partial charge on any atom is 0.169 e. The zero-order valence-corrected chi connectivity index (χ0v) is 13.7. The summed E-state index contributed by atoms with van der Waals surface area (Å²) in [6, 6.07) is 14.9. The Hall–Kier alpha value is -3.84. The number of nitrogens with one attached hydrogen (secondary N) is 1. The van der Waals surface area contributed by atoms with Gasteiger partial charge >= 0.3 is 0 Å². The molecule has 0 spiro atoms. The molecule has 2 aromatic carbocycles. The lowest BCUT2D eigenvalue weighted by atomic mass is 10.1. The summed E-state index contributed by atoms with van der Waals surface area (Å²) in [7, 11) is 1.54. The van der Waals surface area contributed by atoms with Gasteiger partial charge in [-0.15, -0.1) is 15.0 Å². The molecule has 0 saturated heterocycles. The van der Waals surface area contributed by atoms with Crippen molar-refractivity contribution in [3.8, 4) is 23.6 Å². The minimum atomic E-state index is -0.0342. The maximum absolute atomic E-state index is 8.86. The minimum absolute atomic E-state index is 0.0342. The summed E-state index contributed by atoms with van der Waals surface area (Å²) in [5, 5.41) is 29.6. The zero-order chi connectivity index (χ0) is 17.8. The van der Waals surface area contributed by atoms with Crippen LogP contribution in [0.5, 0.6) is 5.75 Å². The van der Waals surface area contributed by atoms with Crippen molar-refractivity contribution in [2.45, 2.75) is 6.92 Å². The summed E-state index contributed by atoms with van der Waals surface area (Å²) in [4.78, 5) is 1.51. The van der Waals surface area contributed by atoms with E-state index < -0.39 is 0 Å². The number of nitrogens with zero attached hydrogens (tertiary/aromatic N) is 5. The Morgan fingerprint density at radius 2 is 1.80 bits per heavy atom. The summed E-state index contributed by atoms with van der Waals surface area (Å²) in [5.74, 6) is 0.511. The molecular weight excluding hydrogens is 316 g/mol. The molecule has 0 atom stereocenters. The molecule has 1 heterocycles. The van der Waals surface area contributed by atoms with E-state index in [2.05, 4.69) is 15.5 Å². The second kappa shape index (κ2) is 6.73. The van der Waals surface area contributed by atoms with Crippen molar-refractivity contribution < 1.29 is 4.74 Å². The van der Waals surface area contributed by atoms with Gasteiger partial charge in [-0.2, -0.15) is 10.5 Å². The lowest BCUT2D eigenvalue weighted by Crippen LogP contribution is -2.05. The van der Waals surface area contributed by atoms with Crippen LogP contribution < -0.4 is 10.1 Å². The van der Waals surface area contributed by atoms with Gasteiger partial charge in [0.25, 0.3) is 0 Å². The molecule has 25 heavy (non-hydrogen) atoms. The summed E-state index contributed by atoms with van der Waals surface area (Å²) in [5.41, 5.74) is 3.73. The van der Waals surface area contributed by atoms with Crippen molar-refractivity contribution in [3.63, 3.8) is 0 Å². The molecule has 3 rings (SSSR count). The summed E-state index contributed by atoms with van der Waals surface area (Å²) in [6.07, 6.45) is 1.34. The summed E-state index contributed by atoms with van der Waals surface area (Å²) < 4.78 is 5.52. The van der Waals surface area contributed by atoms with Gasteiger partial charge in [-0.05, 0) is 36.8 Å². The lowest BCUT2D eigenvalue weighted by Gasteiger charge is -2.14. The quantitative estimate of drug-likeness (QED) is 0.738. The number of aryl methyl sites for hydroxylation is 1. The molecule has 0 saturated carbocycles. The van der Waals surface area contributed by atoms with E-state index in [0.717, 1.165) is 16.6 Å². The van der Waals surface area contributed by atoms with Crippen molar-refractivity contribution >= 4 is 16.7 Å². The molecule has 0 unspecified atom stereocenters. The van der Waals surface area contributed by atoms with E-state index in [1.54, 1.807) is 19.2 Å². The van der Waals surface area contributed by atoms with Crippen LogP contribution in [0.25, 0.3) is 16.7 Å². The first-order chi connectivity index (χ1) is 12.2. The Morgan fingerprint density at radius 3 is 2.36 bits per heavy atom. The number of aromatic nitrogens is 3. The van der Waals surface area contributed by atoms with Crippen molar-refractivity contribution in [3.05, 3.63) is 53.7 Å². The number of hydrogen-bond acceptors (Lipinski definition) is 6. The number of benzene rings is 2. The fourth-order valence-corrected chi connectivity index (χ4v) is 2.43. The highest BCUT2D eigenvalue weighted by molar-refractivity contribution is 5.75. The number of methoxy groups -OCH3 is 1. The van der Waals surface area contributed by atoms with E-state index in [1.165, 1.54) is 11.0 Å². The Bertz CT molecular complexity index is 1000. The summed E-state index contributed by atoms with van der Waals surface area (Å²) in [6.45, 7) is 1.93. The molecule has 0 amide bonds. The van der Waals surface area contributed by atoms with Gasteiger partial charge in [0, 0.05) is 6.20 Å². The third-order valence-corrected chi connectivity index (χ3v) is 3.53. The average molecular weight is 330 g/mol. The monoisotopic (exact) mass is 330 g/mol. The van der Waals surface area contributed by atoms with E-state index >= 15 is 0 Å². The predicted molar refractivity (Wildman–Crippen MR) is 93.1 cm³/mol. The highest BCUT2D eigenvalue weighted by Gasteiger charge is 2.15. The van der Waals surface area contributed by atoms with Crippen molar-refractivity contribution in [2.75, 3.05) is 12.4 Å². The molecule has 122 valence electrons. The van der Waals surface area contributed by atoms with Gasteiger partial charge in [0.1, 0.15) is 34.4 Å². The molecule has 0 aliphatic heterocycles. The molecule has 0 aliphatic carbocycles. The van der Waals surface area contributed by atoms with Gasteiger partial charge in [-0.1, -0.05) is 12.1 Å². The predicted octanol–water partition coefficient (Wildman–Crippen LogP) is 3.08. The van der Waals surface area contributed by atoms with E-state index in [4.69, 9.17) is 15.3 Å². The second-order valence-electron chi connectivity index (χ2n) is 5.27. The van der Waals surface area contributed by atoms with E-state index in [0.29, 0.717) is 17.1 Å². The van der Waals surface area contributed by atoms with Gasteiger partial charge in [-0.25, -0.2) is 0 Å². The molecule has 7 heteroatoms. The molecule has 0 bridgehead atoms. The summed E-state index contributed by atoms with van der Waals surface area (Å²) >= 11 is 0. The number of rotatable bonds is 4. The first-order valence-corrected chi connectivity index (χ1v) is 7.44. The van der Waals surface area contributed by atoms with Crippen molar-refractivity contribution in [1.82, 2.24) is 15.0 Å². The van der Waals surface area contributed by atoms with Crippen LogP contribution in [0.3, 0.4) is 0 Å². The standard InChI is InChI=1S/C18H14N6O/c1-12-7-16(21-11-13(9-19)10-20)18(25-2)17(8-12)24-22-14-5-3-4-6-15(14)23-24/h3-8,11,21H,1-2H3. The fraction of sp³-hybridized carbons (Fsp3) is 0.111. The minimum Gasteiger partial charge on any atom is -0.492 e. The maximum atomic E-state index is 8.86. The second-order valence-corrected chi connectivity index (χ2v) is 5.27. The highest BCUT2D eigenvalue weighted by Crippen LogP contribution is 2.33. The van der Waals surface area contributed by atoms with Crippen LogP contribution in [0.15, 0.2) is 48.2 Å². The molecule has 0 aliphatic rings. The van der Waals surface area contributed by atoms with Crippen LogP contribution in [-0.2, 0) is 0 Å². The Labute approximate surface area is 144 Å². The number of hydrogen-bond donors (Lipinski definition) is 1. The van der Waals surface area contributed by atoms with Crippen LogP contribution in [-0.4, -0.2) is 22.1 Å². The SMILES string of the molecule is COc1c(NC=C(C#N)C#N)cc(C)cc1-n1nc2ccccc2n1. The molecule has 3 aromatic rings. The van der Waals surface area contributed by atoms with Crippen LogP contribution in [0.1, 0.15) is 5.56 Å². The third-order valence-electron chi connectivity index (χ3n) is 3.53. The van der Waals surface area contributed by atoms with E-state index in [-0.39, 0.29) is 5.57 Å². The largest absolute Gasteiger partial charge is 0.492 e. The van der Waals surface area contributed by atoms with E-state index in [1.807, 2.05) is 43.3 Å². The smallest absolute Gasteiger partial charge is 0.169 e. The first-order valence-electron chi connectivity index (χ1n) is 7.44. The lowest BCUT2D eigenvalue weighted by molar-refractivity contribution is 0.412. The Balaban J connectivity index is 2.12.